The average molecular weight is 625 g/mol. The van der Waals surface area contributed by atoms with Crippen LogP contribution in [0.5, 0.6) is 11.6 Å². The lowest BCUT2D eigenvalue weighted by Crippen LogP contribution is -2.44. The van der Waals surface area contributed by atoms with Crippen LogP contribution >= 0.6 is 0 Å². The topological polar surface area (TPSA) is 156 Å². The van der Waals surface area contributed by atoms with E-state index in [0.29, 0.717) is 52.4 Å². The second-order valence-corrected chi connectivity index (χ2v) is 12.4. The number of ether oxygens (including phenoxy) is 2. The van der Waals surface area contributed by atoms with Gasteiger partial charge >= 0.3 is 6.09 Å². The van der Waals surface area contributed by atoms with Crippen molar-refractivity contribution >= 4 is 38.5 Å². The lowest BCUT2D eigenvalue weighted by molar-refractivity contribution is 0.132. The molecule has 44 heavy (non-hydrogen) atoms. The molecule has 0 radical (unpaired) electrons. The number of hydrogen-bond acceptors (Lipinski definition) is 9. The Labute approximate surface area is 254 Å². The molecule has 2 atom stereocenters. The Balaban J connectivity index is 1.46. The summed E-state index contributed by atoms with van der Waals surface area (Å²) in [7, 11) is -2.52. The number of nitrogens with one attached hydrogen (secondary N) is 2. The van der Waals surface area contributed by atoms with E-state index in [2.05, 4.69) is 25.0 Å². The molecule has 1 fully saturated rings. The minimum Gasteiger partial charge on any atom is -0.465 e. The summed E-state index contributed by atoms with van der Waals surface area (Å²) in [5.74, 6) is -0.143. The first-order valence-corrected chi connectivity index (χ1v) is 15.7. The van der Waals surface area contributed by atoms with Gasteiger partial charge in [0.2, 0.25) is 21.9 Å². The molecule has 1 saturated heterocycles. The lowest BCUT2D eigenvalue weighted by atomic mass is 10.0. The molecule has 1 unspecified atom stereocenters. The van der Waals surface area contributed by atoms with Crippen LogP contribution in [0.1, 0.15) is 25.3 Å². The average Bonchev–Trinajstić information content (AvgIpc) is 3.00. The van der Waals surface area contributed by atoms with Crippen LogP contribution in [-0.4, -0.2) is 77.6 Å². The van der Waals surface area contributed by atoms with Crippen LogP contribution in [0.15, 0.2) is 54.9 Å². The molecule has 0 aliphatic carbocycles. The summed E-state index contributed by atoms with van der Waals surface area (Å²) in [6.07, 6.45) is 3.12. The highest BCUT2D eigenvalue weighted by Gasteiger charge is 2.24. The Kier molecular flexibility index (Phi) is 9.11. The highest BCUT2D eigenvalue weighted by atomic mass is 32.2. The molecule has 232 valence electrons. The summed E-state index contributed by atoms with van der Waals surface area (Å²) in [6.45, 7) is 4.25. The van der Waals surface area contributed by atoms with Gasteiger partial charge in [0.05, 0.1) is 28.8 Å². The normalized spacial score (nSPS) is 16.0. The van der Waals surface area contributed by atoms with Crippen molar-refractivity contribution in [3.05, 3.63) is 66.2 Å². The molecular formula is C30H33FN6O6S. The van der Waals surface area contributed by atoms with E-state index >= 15 is 4.39 Å². The molecule has 0 bridgehead atoms. The second-order valence-electron chi connectivity index (χ2n) is 10.6. The zero-order valence-corrected chi connectivity index (χ0v) is 25.3. The lowest BCUT2D eigenvalue weighted by Gasteiger charge is -2.31. The van der Waals surface area contributed by atoms with Crippen LogP contribution in [0.2, 0.25) is 0 Å². The Morgan fingerprint density at radius 2 is 1.95 bits per heavy atom. The van der Waals surface area contributed by atoms with Crippen molar-refractivity contribution in [2.24, 2.45) is 0 Å². The summed E-state index contributed by atoms with van der Waals surface area (Å²) in [4.78, 5) is 26.2. The van der Waals surface area contributed by atoms with Crippen LogP contribution < -0.4 is 14.8 Å². The first kappa shape index (κ1) is 30.9. The SMILES string of the molecule is CO[C@@H](C)CS(=O)(=O)Nc1c(F)ccc2c(Oc3ncccc3-c3ccnc(NC4CCCN(C(=O)O)C4)n3)c(C)ccc12. The highest BCUT2D eigenvalue weighted by Crippen LogP contribution is 2.39. The smallest absolute Gasteiger partial charge is 0.407 e. The number of aromatic nitrogens is 3. The summed E-state index contributed by atoms with van der Waals surface area (Å²) in [5, 5.41) is 13.4. The first-order chi connectivity index (χ1) is 21.0. The standard InChI is InChI=1S/C30H33FN6O6S/c1-18-8-9-21-22(10-11-24(31)26(21)36-44(40,41)17-19(2)42-3)27(18)43-28-23(7-4-13-32-28)25-12-14-33-29(35-25)34-20-6-5-15-37(16-20)30(38)39/h4,7-14,19-20,36H,5-6,15-17H2,1-3H3,(H,38,39)(H,33,34,35)/t19-,20?/m0/s1. The number of carbonyl (C=O) groups is 1. The van der Waals surface area contributed by atoms with Crippen molar-refractivity contribution in [3.63, 3.8) is 0 Å². The maximum absolute atomic E-state index is 15.0. The first-order valence-electron chi connectivity index (χ1n) is 14.0. The zero-order valence-electron chi connectivity index (χ0n) is 24.4. The monoisotopic (exact) mass is 624 g/mol. The number of aryl methyl sites for hydroxylation is 1. The number of fused-ring (bicyclic) bond motifs is 1. The predicted octanol–water partition coefficient (Wildman–Crippen LogP) is 5.26. The van der Waals surface area contributed by atoms with E-state index in [1.54, 1.807) is 49.6 Å². The number of sulfonamides is 1. The van der Waals surface area contributed by atoms with Crippen LogP contribution in [0.3, 0.4) is 0 Å². The highest BCUT2D eigenvalue weighted by molar-refractivity contribution is 7.92. The number of hydrogen-bond donors (Lipinski definition) is 3. The number of halogens is 1. The summed E-state index contributed by atoms with van der Waals surface area (Å²) < 4.78 is 54.4. The fourth-order valence-electron chi connectivity index (χ4n) is 5.07. The number of likely N-dealkylation sites (tertiary alicyclic amines) is 1. The van der Waals surface area contributed by atoms with Crippen LogP contribution in [0.4, 0.5) is 20.8 Å². The molecule has 14 heteroatoms. The van der Waals surface area contributed by atoms with Gasteiger partial charge in [-0.15, -0.1) is 0 Å². The minimum absolute atomic E-state index is 0.136. The van der Waals surface area contributed by atoms with Gasteiger partial charge in [0, 0.05) is 49.4 Å². The molecule has 1 amide bonds. The largest absolute Gasteiger partial charge is 0.465 e. The van der Waals surface area contributed by atoms with Crippen molar-refractivity contribution in [2.45, 2.75) is 38.8 Å². The number of piperidine rings is 1. The fourth-order valence-corrected chi connectivity index (χ4v) is 6.42. The maximum Gasteiger partial charge on any atom is 0.407 e. The molecule has 2 aromatic heterocycles. The number of amides is 1. The van der Waals surface area contributed by atoms with Gasteiger partial charge < -0.3 is 24.8 Å². The number of rotatable bonds is 10. The van der Waals surface area contributed by atoms with Gasteiger partial charge in [-0.25, -0.2) is 32.6 Å². The molecular weight excluding hydrogens is 591 g/mol. The third kappa shape index (κ3) is 6.97. The van der Waals surface area contributed by atoms with Crippen molar-refractivity contribution in [2.75, 3.05) is 36.0 Å². The van der Waals surface area contributed by atoms with Gasteiger partial charge in [-0.2, -0.15) is 0 Å². The summed E-state index contributed by atoms with van der Waals surface area (Å²) in [5.41, 5.74) is 1.60. The summed E-state index contributed by atoms with van der Waals surface area (Å²) in [6, 6.07) is 11.2. The van der Waals surface area contributed by atoms with E-state index in [4.69, 9.17) is 9.47 Å². The molecule has 12 nitrogen and oxygen atoms in total. The molecule has 1 aliphatic heterocycles. The van der Waals surface area contributed by atoms with Gasteiger partial charge in [0.15, 0.2) is 0 Å². The number of pyridine rings is 1. The molecule has 4 aromatic rings. The Morgan fingerprint density at radius 1 is 1.16 bits per heavy atom. The third-order valence-electron chi connectivity index (χ3n) is 7.34. The molecule has 3 N–H and O–H groups in total. The van der Waals surface area contributed by atoms with E-state index in [1.165, 1.54) is 24.1 Å². The second kappa shape index (κ2) is 13.0. The Hall–Kier alpha value is -4.56. The van der Waals surface area contributed by atoms with E-state index in [9.17, 15) is 18.3 Å². The predicted molar refractivity (Wildman–Crippen MR) is 164 cm³/mol. The molecule has 0 spiro atoms. The van der Waals surface area contributed by atoms with Crippen LogP contribution in [0.25, 0.3) is 22.0 Å². The number of methoxy groups -OCH3 is 1. The van der Waals surface area contributed by atoms with Gasteiger partial charge in [-0.05, 0) is 62.6 Å². The van der Waals surface area contributed by atoms with E-state index in [-0.39, 0.29) is 23.4 Å². The van der Waals surface area contributed by atoms with E-state index < -0.39 is 28.0 Å². The third-order valence-corrected chi connectivity index (χ3v) is 8.76. The summed E-state index contributed by atoms with van der Waals surface area (Å²) >= 11 is 0. The van der Waals surface area contributed by atoms with Crippen molar-refractivity contribution in [1.82, 2.24) is 19.9 Å². The van der Waals surface area contributed by atoms with Gasteiger partial charge in [-0.3, -0.25) is 4.72 Å². The molecule has 5 rings (SSSR count). The molecule has 1 aliphatic rings. The maximum atomic E-state index is 15.0. The minimum atomic E-state index is -3.93. The number of carboxylic acid groups (broad SMARTS) is 1. The van der Waals surface area contributed by atoms with Crippen LogP contribution in [0, 0.1) is 12.7 Å². The van der Waals surface area contributed by atoms with Gasteiger partial charge in [0.25, 0.3) is 0 Å². The Morgan fingerprint density at radius 3 is 2.73 bits per heavy atom. The van der Waals surface area contributed by atoms with E-state index in [0.717, 1.165) is 12.8 Å². The van der Waals surface area contributed by atoms with Gasteiger partial charge in [0.1, 0.15) is 11.6 Å². The fraction of sp³-hybridized carbons (Fsp3) is 0.333. The van der Waals surface area contributed by atoms with E-state index in [1.807, 2.05) is 6.92 Å². The quantitative estimate of drug-likeness (QED) is 0.213. The molecule has 2 aromatic carbocycles. The zero-order chi connectivity index (χ0) is 31.4. The molecule has 0 saturated carbocycles. The number of nitrogens with zero attached hydrogens (tertiary/aromatic N) is 4. The van der Waals surface area contributed by atoms with Crippen molar-refractivity contribution in [3.8, 4) is 22.9 Å². The van der Waals surface area contributed by atoms with Gasteiger partial charge in [-0.1, -0.05) is 12.1 Å². The molecule has 3 heterocycles. The Bertz CT molecular complexity index is 1790. The number of anilines is 2. The number of benzene rings is 2. The van der Waals surface area contributed by atoms with Crippen molar-refractivity contribution < 1.29 is 32.2 Å². The van der Waals surface area contributed by atoms with Crippen LogP contribution in [-0.2, 0) is 14.8 Å². The van der Waals surface area contributed by atoms with Crippen molar-refractivity contribution in [1.29, 1.82) is 0 Å².